The average Bonchev–Trinajstić information content (AvgIpc) is 2.40. The summed E-state index contributed by atoms with van der Waals surface area (Å²) in [6, 6.07) is 2.26. The van der Waals surface area contributed by atoms with Crippen LogP contribution in [-0.2, 0) is 0 Å². The summed E-state index contributed by atoms with van der Waals surface area (Å²) in [6.45, 7) is 1.77. The molecule has 5 nitrogen and oxygen atoms in total. The van der Waals surface area contributed by atoms with Crippen molar-refractivity contribution in [2.45, 2.75) is 44.6 Å². The molecule has 0 spiro atoms. The van der Waals surface area contributed by atoms with Gasteiger partial charge in [0.15, 0.2) is 5.75 Å². The van der Waals surface area contributed by atoms with E-state index < -0.39 is 16.3 Å². The summed E-state index contributed by atoms with van der Waals surface area (Å²) in [7, 11) is 0. The van der Waals surface area contributed by atoms with Crippen LogP contribution in [0.2, 0.25) is 0 Å². The van der Waals surface area contributed by atoms with E-state index in [2.05, 4.69) is 0 Å². The largest absolute Gasteiger partial charge is 0.485 e. The molecule has 0 atom stereocenters. The summed E-state index contributed by atoms with van der Waals surface area (Å²) in [5.41, 5.74) is 5.76. The molecule has 0 radical (unpaired) electrons. The van der Waals surface area contributed by atoms with Crippen molar-refractivity contribution in [2.75, 3.05) is 6.61 Å². The van der Waals surface area contributed by atoms with Gasteiger partial charge >= 0.3 is 5.69 Å². The van der Waals surface area contributed by atoms with Crippen LogP contribution in [0.3, 0.4) is 0 Å². The average molecular weight is 282 g/mol. The lowest BCUT2D eigenvalue weighted by Crippen LogP contribution is -2.47. The highest BCUT2D eigenvalue weighted by molar-refractivity contribution is 5.49. The number of hydrogen-bond acceptors (Lipinski definition) is 4. The summed E-state index contributed by atoms with van der Waals surface area (Å²) in [5.74, 6) is -0.520. The van der Waals surface area contributed by atoms with Gasteiger partial charge in [-0.25, -0.2) is 4.39 Å². The molecule has 0 unspecified atom stereocenters. The molecule has 6 heteroatoms. The highest BCUT2D eigenvalue weighted by atomic mass is 19.1. The maximum atomic E-state index is 13.4. The number of nitro groups is 1. The normalized spacial score (nSPS) is 17.8. The number of nitrogens with zero attached hydrogens (tertiary/aromatic N) is 1. The molecule has 1 aliphatic rings. The van der Waals surface area contributed by atoms with Gasteiger partial charge in [-0.15, -0.1) is 0 Å². The van der Waals surface area contributed by atoms with Gasteiger partial charge in [-0.1, -0.05) is 19.3 Å². The molecule has 0 aliphatic heterocycles. The summed E-state index contributed by atoms with van der Waals surface area (Å²) < 4.78 is 18.9. The first kappa shape index (κ1) is 14.7. The van der Waals surface area contributed by atoms with Crippen molar-refractivity contribution in [2.24, 2.45) is 5.73 Å². The SMILES string of the molecule is Cc1cc(OCC2(N)CCCCC2)c([N+](=O)[O-])cc1F. The van der Waals surface area contributed by atoms with Crippen LogP contribution in [0.5, 0.6) is 5.75 Å². The molecule has 0 heterocycles. The van der Waals surface area contributed by atoms with Crippen LogP contribution in [0.15, 0.2) is 12.1 Å². The van der Waals surface area contributed by atoms with Crippen LogP contribution in [0.4, 0.5) is 10.1 Å². The molecule has 1 aliphatic carbocycles. The molecule has 0 aromatic heterocycles. The number of nitro benzene ring substituents is 1. The minimum absolute atomic E-state index is 0.0873. The van der Waals surface area contributed by atoms with Crippen LogP contribution in [0, 0.1) is 22.9 Å². The zero-order chi connectivity index (χ0) is 14.8. The minimum atomic E-state index is -0.637. The van der Waals surface area contributed by atoms with Crippen molar-refractivity contribution in [3.63, 3.8) is 0 Å². The maximum Gasteiger partial charge on any atom is 0.313 e. The Morgan fingerprint density at radius 2 is 2.05 bits per heavy atom. The second-order valence-corrected chi connectivity index (χ2v) is 5.54. The van der Waals surface area contributed by atoms with Crippen LogP contribution in [0.25, 0.3) is 0 Å². The molecule has 1 fully saturated rings. The van der Waals surface area contributed by atoms with Gasteiger partial charge in [0.1, 0.15) is 12.4 Å². The minimum Gasteiger partial charge on any atom is -0.485 e. The Labute approximate surface area is 117 Å². The van der Waals surface area contributed by atoms with Crippen molar-refractivity contribution < 1.29 is 14.1 Å². The Morgan fingerprint density at radius 1 is 1.40 bits per heavy atom. The third kappa shape index (κ3) is 3.25. The van der Waals surface area contributed by atoms with Crippen molar-refractivity contribution in [3.05, 3.63) is 33.6 Å². The van der Waals surface area contributed by atoms with Gasteiger partial charge < -0.3 is 10.5 Å². The number of nitrogens with two attached hydrogens (primary N) is 1. The summed E-state index contributed by atoms with van der Waals surface area (Å²) in [4.78, 5) is 10.3. The molecular formula is C14H19FN2O3. The summed E-state index contributed by atoms with van der Waals surface area (Å²) in [6.07, 6.45) is 4.95. The number of ether oxygens (including phenoxy) is 1. The molecule has 0 saturated heterocycles. The molecule has 0 bridgehead atoms. The van der Waals surface area contributed by atoms with Gasteiger partial charge in [0, 0.05) is 0 Å². The topological polar surface area (TPSA) is 78.4 Å². The van der Waals surface area contributed by atoms with Crippen molar-refractivity contribution in [3.8, 4) is 5.75 Å². The number of hydrogen-bond donors (Lipinski definition) is 1. The Kier molecular flexibility index (Phi) is 4.23. The number of aryl methyl sites for hydroxylation is 1. The maximum absolute atomic E-state index is 13.4. The second kappa shape index (κ2) is 5.75. The van der Waals surface area contributed by atoms with E-state index in [-0.39, 0.29) is 18.0 Å². The lowest BCUT2D eigenvalue weighted by atomic mass is 9.83. The predicted molar refractivity (Wildman–Crippen MR) is 73.3 cm³/mol. The Bertz CT molecular complexity index is 513. The Morgan fingerprint density at radius 3 is 2.65 bits per heavy atom. The highest BCUT2D eigenvalue weighted by Gasteiger charge is 2.29. The smallest absolute Gasteiger partial charge is 0.313 e. The summed E-state index contributed by atoms with van der Waals surface area (Å²) >= 11 is 0. The fraction of sp³-hybridized carbons (Fsp3) is 0.571. The molecule has 2 N–H and O–H groups in total. The lowest BCUT2D eigenvalue weighted by molar-refractivity contribution is -0.386. The third-order valence-corrected chi connectivity index (χ3v) is 3.80. The van der Waals surface area contributed by atoms with Crippen LogP contribution in [0.1, 0.15) is 37.7 Å². The van der Waals surface area contributed by atoms with Gasteiger partial charge in [-0.2, -0.15) is 0 Å². The van der Waals surface area contributed by atoms with Crippen LogP contribution in [-0.4, -0.2) is 17.1 Å². The molecule has 110 valence electrons. The van der Waals surface area contributed by atoms with Crippen molar-refractivity contribution in [1.29, 1.82) is 0 Å². The van der Waals surface area contributed by atoms with E-state index in [0.717, 1.165) is 38.2 Å². The molecule has 2 rings (SSSR count). The third-order valence-electron chi connectivity index (χ3n) is 3.80. The lowest BCUT2D eigenvalue weighted by Gasteiger charge is -2.32. The second-order valence-electron chi connectivity index (χ2n) is 5.54. The standard InChI is InChI=1S/C14H19FN2O3/c1-10-7-13(12(17(18)19)8-11(10)15)20-9-14(16)5-3-2-4-6-14/h7-8H,2-6,9,16H2,1H3. The summed E-state index contributed by atoms with van der Waals surface area (Å²) in [5, 5.41) is 10.9. The number of halogens is 1. The highest BCUT2D eigenvalue weighted by Crippen LogP contribution is 2.32. The van der Waals surface area contributed by atoms with Gasteiger partial charge in [0.05, 0.1) is 16.5 Å². The van der Waals surface area contributed by atoms with E-state index in [1.165, 1.54) is 6.07 Å². The predicted octanol–water partition coefficient (Wildman–Crippen LogP) is 3.08. The fourth-order valence-electron chi connectivity index (χ4n) is 2.52. The van der Waals surface area contributed by atoms with Crippen molar-refractivity contribution in [1.82, 2.24) is 0 Å². The first-order valence-corrected chi connectivity index (χ1v) is 6.77. The number of rotatable bonds is 4. The van der Waals surface area contributed by atoms with Gasteiger partial charge in [-0.3, -0.25) is 10.1 Å². The van der Waals surface area contributed by atoms with E-state index in [1.807, 2.05) is 0 Å². The van der Waals surface area contributed by atoms with Crippen molar-refractivity contribution >= 4 is 5.69 Å². The van der Waals surface area contributed by atoms with E-state index in [1.54, 1.807) is 6.92 Å². The van der Waals surface area contributed by atoms with Crippen LogP contribution < -0.4 is 10.5 Å². The van der Waals surface area contributed by atoms with E-state index >= 15 is 0 Å². The number of benzene rings is 1. The van der Waals surface area contributed by atoms with Gasteiger partial charge in [0.2, 0.25) is 0 Å². The van der Waals surface area contributed by atoms with E-state index in [0.29, 0.717) is 5.56 Å². The quantitative estimate of drug-likeness (QED) is 0.680. The van der Waals surface area contributed by atoms with Crippen LogP contribution >= 0.6 is 0 Å². The van der Waals surface area contributed by atoms with Gasteiger partial charge in [-0.05, 0) is 31.4 Å². The fourth-order valence-corrected chi connectivity index (χ4v) is 2.52. The molecule has 20 heavy (non-hydrogen) atoms. The Hall–Kier alpha value is -1.69. The zero-order valence-corrected chi connectivity index (χ0v) is 11.5. The monoisotopic (exact) mass is 282 g/mol. The first-order chi connectivity index (χ1) is 9.41. The Balaban J connectivity index is 2.16. The van der Waals surface area contributed by atoms with Gasteiger partial charge in [0.25, 0.3) is 0 Å². The van der Waals surface area contributed by atoms with E-state index in [4.69, 9.17) is 10.5 Å². The molecule has 1 saturated carbocycles. The molecule has 1 aromatic rings. The molecule has 1 aromatic carbocycles. The first-order valence-electron chi connectivity index (χ1n) is 6.77. The zero-order valence-electron chi connectivity index (χ0n) is 11.5. The molecule has 0 amide bonds. The molecular weight excluding hydrogens is 263 g/mol. The van der Waals surface area contributed by atoms with E-state index in [9.17, 15) is 14.5 Å².